The van der Waals surface area contributed by atoms with Crippen molar-refractivity contribution in [2.24, 2.45) is 11.8 Å². The van der Waals surface area contributed by atoms with Crippen molar-refractivity contribution in [2.45, 2.75) is 58.9 Å². The molecule has 0 saturated heterocycles. The molecule has 0 aliphatic heterocycles. The minimum Gasteiger partial charge on any atom is -0.481 e. The summed E-state index contributed by atoms with van der Waals surface area (Å²) in [5.74, 6) is 1.27. The molecule has 5 heteroatoms. The average Bonchev–Trinajstić information content (AvgIpc) is 2.81. The number of aryl methyl sites for hydroxylation is 2. The zero-order chi connectivity index (χ0) is 14.0. The molecule has 19 heavy (non-hydrogen) atoms. The van der Waals surface area contributed by atoms with Crippen molar-refractivity contribution in [1.82, 2.24) is 14.8 Å². The first-order chi connectivity index (χ1) is 9.06. The van der Waals surface area contributed by atoms with Crippen LogP contribution < -0.4 is 0 Å². The number of hydrogen-bond donors (Lipinski definition) is 1. The van der Waals surface area contributed by atoms with Crippen LogP contribution in [0.3, 0.4) is 0 Å². The molecular weight excluding hydrogens is 242 g/mol. The molecule has 0 radical (unpaired) electrons. The molecular formula is C14H23N3O2. The van der Waals surface area contributed by atoms with Crippen LogP contribution in [0.2, 0.25) is 0 Å². The summed E-state index contributed by atoms with van der Waals surface area (Å²) < 4.78 is 1.90. The highest BCUT2D eigenvalue weighted by atomic mass is 16.4. The SMILES string of the molecule is CCc1nc(CC)n(C2CC(C)CCC2C(=O)O)n1. The predicted molar refractivity (Wildman–Crippen MR) is 72.0 cm³/mol. The Morgan fingerprint density at radius 3 is 2.68 bits per heavy atom. The quantitative estimate of drug-likeness (QED) is 0.908. The van der Waals surface area contributed by atoms with Crippen molar-refractivity contribution in [3.8, 4) is 0 Å². The average molecular weight is 265 g/mol. The Morgan fingerprint density at radius 1 is 1.37 bits per heavy atom. The number of carboxylic acids is 1. The number of nitrogens with zero attached hydrogens (tertiary/aromatic N) is 3. The van der Waals surface area contributed by atoms with Gasteiger partial charge in [-0.05, 0) is 25.2 Å². The molecule has 1 aliphatic carbocycles. The Labute approximate surface area is 114 Å². The van der Waals surface area contributed by atoms with E-state index in [4.69, 9.17) is 0 Å². The highest BCUT2D eigenvalue weighted by Gasteiger charge is 2.36. The molecule has 1 aromatic rings. The molecule has 0 amide bonds. The number of aromatic nitrogens is 3. The zero-order valence-corrected chi connectivity index (χ0v) is 12.0. The van der Waals surface area contributed by atoms with Gasteiger partial charge in [0.05, 0.1) is 12.0 Å². The Balaban J connectivity index is 2.35. The second-order valence-electron chi connectivity index (χ2n) is 5.53. The Hall–Kier alpha value is -1.39. The Kier molecular flexibility index (Phi) is 4.22. The van der Waals surface area contributed by atoms with Gasteiger partial charge in [-0.1, -0.05) is 20.8 Å². The number of hydrogen-bond acceptors (Lipinski definition) is 3. The van der Waals surface area contributed by atoms with Gasteiger partial charge in [-0.15, -0.1) is 0 Å². The van der Waals surface area contributed by atoms with Gasteiger partial charge in [0.1, 0.15) is 5.82 Å². The lowest BCUT2D eigenvalue weighted by atomic mass is 9.79. The van der Waals surface area contributed by atoms with Crippen LogP contribution in [-0.4, -0.2) is 25.8 Å². The third-order valence-corrected chi connectivity index (χ3v) is 4.09. The molecule has 0 spiro atoms. The van der Waals surface area contributed by atoms with Crippen molar-refractivity contribution in [3.63, 3.8) is 0 Å². The first kappa shape index (κ1) is 14.0. The van der Waals surface area contributed by atoms with Gasteiger partial charge in [-0.2, -0.15) is 5.10 Å². The lowest BCUT2D eigenvalue weighted by molar-refractivity contribution is -0.145. The van der Waals surface area contributed by atoms with E-state index in [0.717, 1.165) is 43.8 Å². The summed E-state index contributed by atoms with van der Waals surface area (Å²) >= 11 is 0. The van der Waals surface area contributed by atoms with Gasteiger partial charge in [0, 0.05) is 12.8 Å². The molecule has 2 rings (SSSR count). The molecule has 1 aliphatic rings. The number of carboxylic acid groups (broad SMARTS) is 1. The predicted octanol–water partition coefficient (Wildman–Crippen LogP) is 2.46. The Morgan fingerprint density at radius 2 is 2.11 bits per heavy atom. The van der Waals surface area contributed by atoms with Crippen LogP contribution in [0.4, 0.5) is 0 Å². The van der Waals surface area contributed by atoms with Crippen LogP contribution in [0.5, 0.6) is 0 Å². The van der Waals surface area contributed by atoms with E-state index in [1.54, 1.807) is 0 Å². The fraction of sp³-hybridized carbons (Fsp3) is 0.786. The van der Waals surface area contributed by atoms with E-state index >= 15 is 0 Å². The zero-order valence-electron chi connectivity index (χ0n) is 12.0. The van der Waals surface area contributed by atoms with Crippen LogP contribution in [0.1, 0.15) is 57.7 Å². The molecule has 106 valence electrons. The summed E-state index contributed by atoms with van der Waals surface area (Å²) in [5, 5.41) is 14.0. The summed E-state index contributed by atoms with van der Waals surface area (Å²) in [6.45, 7) is 6.26. The van der Waals surface area contributed by atoms with E-state index in [9.17, 15) is 9.90 Å². The monoisotopic (exact) mass is 265 g/mol. The fourth-order valence-electron chi connectivity index (χ4n) is 2.97. The summed E-state index contributed by atoms with van der Waals surface area (Å²) in [6.07, 6.45) is 4.20. The van der Waals surface area contributed by atoms with E-state index in [0.29, 0.717) is 5.92 Å². The van der Waals surface area contributed by atoms with Gasteiger partial charge in [-0.25, -0.2) is 9.67 Å². The largest absolute Gasteiger partial charge is 0.481 e. The van der Waals surface area contributed by atoms with E-state index in [-0.39, 0.29) is 12.0 Å². The van der Waals surface area contributed by atoms with Crippen LogP contribution in [0.15, 0.2) is 0 Å². The molecule has 0 bridgehead atoms. The van der Waals surface area contributed by atoms with Crippen molar-refractivity contribution in [3.05, 3.63) is 11.6 Å². The molecule has 1 N–H and O–H groups in total. The van der Waals surface area contributed by atoms with Gasteiger partial charge in [-0.3, -0.25) is 4.79 Å². The summed E-state index contributed by atoms with van der Waals surface area (Å²) in [5.41, 5.74) is 0. The number of aliphatic carboxylic acids is 1. The fourth-order valence-corrected chi connectivity index (χ4v) is 2.97. The maximum atomic E-state index is 11.5. The summed E-state index contributed by atoms with van der Waals surface area (Å²) in [6, 6.07) is -0.0380. The lowest BCUT2D eigenvalue weighted by Crippen LogP contribution is -2.33. The topological polar surface area (TPSA) is 68.0 Å². The molecule has 1 saturated carbocycles. The standard InChI is InChI=1S/C14H23N3O2/c1-4-12-15-13(5-2)17(16-12)11-8-9(3)6-7-10(11)14(18)19/h9-11H,4-8H2,1-3H3,(H,18,19). The van der Waals surface area contributed by atoms with Crippen molar-refractivity contribution >= 4 is 5.97 Å². The lowest BCUT2D eigenvalue weighted by Gasteiger charge is -2.33. The minimum absolute atomic E-state index is 0.0380. The molecule has 0 aromatic carbocycles. The van der Waals surface area contributed by atoms with Crippen molar-refractivity contribution < 1.29 is 9.90 Å². The summed E-state index contributed by atoms with van der Waals surface area (Å²) in [7, 11) is 0. The normalized spacial score (nSPS) is 27.4. The second kappa shape index (κ2) is 5.72. The van der Waals surface area contributed by atoms with Crippen molar-refractivity contribution in [2.75, 3.05) is 0 Å². The third-order valence-electron chi connectivity index (χ3n) is 4.09. The molecule has 1 heterocycles. The maximum Gasteiger partial charge on any atom is 0.308 e. The van der Waals surface area contributed by atoms with Gasteiger partial charge in [0.2, 0.25) is 0 Å². The minimum atomic E-state index is -0.701. The number of rotatable bonds is 4. The van der Waals surface area contributed by atoms with Crippen LogP contribution in [0.25, 0.3) is 0 Å². The van der Waals surface area contributed by atoms with Crippen LogP contribution in [-0.2, 0) is 17.6 Å². The second-order valence-corrected chi connectivity index (χ2v) is 5.53. The third kappa shape index (κ3) is 2.80. The highest BCUT2D eigenvalue weighted by molar-refractivity contribution is 5.70. The van der Waals surface area contributed by atoms with E-state index < -0.39 is 5.97 Å². The molecule has 5 nitrogen and oxygen atoms in total. The van der Waals surface area contributed by atoms with Gasteiger partial charge in [0.25, 0.3) is 0 Å². The van der Waals surface area contributed by atoms with Gasteiger partial charge < -0.3 is 5.11 Å². The van der Waals surface area contributed by atoms with Crippen LogP contribution >= 0.6 is 0 Å². The molecule has 3 atom stereocenters. The van der Waals surface area contributed by atoms with E-state index in [1.807, 2.05) is 18.5 Å². The molecule has 3 unspecified atom stereocenters. The Bertz CT molecular complexity index is 456. The van der Waals surface area contributed by atoms with Crippen molar-refractivity contribution in [1.29, 1.82) is 0 Å². The first-order valence-electron chi connectivity index (χ1n) is 7.23. The summed E-state index contributed by atoms with van der Waals surface area (Å²) in [4.78, 5) is 16.0. The first-order valence-corrected chi connectivity index (χ1v) is 7.23. The van der Waals surface area contributed by atoms with E-state index in [1.165, 1.54) is 0 Å². The highest BCUT2D eigenvalue weighted by Crippen LogP contribution is 2.37. The van der Waals surface area contributed by atoms with E-state index in [2.05, 4.69) is 17.0 Å². The maximum absolute atomic E-state index is 11.5. The smallest absolute Gasteiger partial charge is 0.308 e. The molecule has 1 fully saturated rings. The molecule has 1 aromatic heterocycles. The van der Waals surface area contributed by atoms with Gasteiger partial charge >= 0.3 is 5.97 Å². The van der Waals surface area contributed by atoms with Gasteiger partial charge in [0.15, 0.2) is 5.82 Å². The van der Waals surface area contributed by atoms with Crippen LogP contribution in [0, 0.1) is 11.8 Å². The number of carbonyl (C=O) groups is 1.